The first-order valence-electron chi connectivity index (χ1n) is 11.4. The lowest BCUT2D eigenvalue weighted by Gasteiger charge is -2.44. The van der Waals surface area contributed by atoms with Gasteiger partial charge in [0, 0.05) is 38.1 Å². The van der Waals surface area contributed by atoms with Gasteiger partial charge in [0.2, 0.25) is 0 Å². The number of anilines is 1. The fourth-order valence-electron chi connectivity index (χ4n) is 5.88. The van der Waals surface area contributed by atoms with Gasteiger partial charge in [0.05, 0.1) is 17.4 Å². The van der Waals surface area contributed by atoms with E-state index in [-0.39, 0.29) is 6.04 Å². The Hall–Kier alpha value is -2.44. The Morgan fingerprint density at radius 2 is 2.03 bits per heavy atom. The Morgan fingerprint density at radius 3 is 2.93 bits per heavy atom. The molecule has 5 heterocycles. The van der Waals surface area contributed by atoms with E-state index in [1.807, 2.05) is 6.20 Å². The highest BCUT2D eigenvalue weighted by molar-refractivity contribution is 5.53. The van der Waals surface area contributed by atoms with Crippen LogP contribution in [0.2, 0.25) is 0 Å². The van der Waals surface area contributed by atoms with Crippen LogP contribution < -0.4 is 10.6 Å². The van der Waals surface area contributed by atoms with Crippen molar-refractivity contribution in [1.82, 2.24) is 19.3 Å². The van der Waals surface area contributed by atoms with E-state index in [1.165, 1.54) is 42.8 Å². The summed E-state index contributed by atoms with van der Waals surface area (Å²) < 4.78 is 2.25. The molecule has 3 aromatic heterocycles. The van der Waals surface area contributed by atoms with Crippen molar-refractivity contribution in [2.45, 2.75) is 50.7 Å². The Kier molecular flexibility index (Phi) is 4.50. The van der Waals surface area contributed by atoms with Crippen molar-refractivity contribution in [3.63, 3.8) is 0 Å². The van der Waals surface area contributed by atoms with E-state index in [0.717, 1.165) is 49.9 Å². The molecule has 0 spiro atoms. The first-order valence-corrected chi connectivity index (χ1v) is 11.4. The molecule has 3 aromatic rings. The molecule has 0 bridgehead atoms. The van der Waals surface area contributed by atoms with Crippen LogP contribution in [0.4, 0.5) is 5.82 Å². The highest BCUT2D eigenvalue weighted by Crippen LogP contribution is 2.43. The number of rotatable bonds is 3. The Labute approximate surface area is 177 Å². The van der Waals surface area contributed by atoms with Crippen LogP contribution in [0.1, 0.15) is 48.7 Å². The maximum atomic E-state index is 6.16. The molecule has 0 amide bonds. The van der Waals surface area contributed by atoms with Gasteiger partial charge in [-0.2, -0.15) is 0 Å². The predicted molar refractivity (Wildman–Crippen MR) is 118 cm³/mol. The van der Waals surface area contributed by atoms with Crippen molar-refractivity contribution in [2.75, 3.05) is 24.5 Å². The molecule has 6 nitrogen and oxygen atoms in total. The average Bonchev–Trinajstić information content (AvgIpc) is 3.39. The number of aryl methyl sites for hydroxylation is 1. The molecule has 6 rings (SSSR count). The van der Waals surface area contributed by atoms with Crippen LogP contribution in [-0.4, -0.2) is 44.9 Å². The lowest BCUT2D eigenvalue weighted by atomic mass is 9.77. The van der Waals surface area contributed by atoms with Gasteiger partial charge in [-0.05, 0) is 68.3 Å². The maximum Gasteiger partial charge on any atom is 0.138 e. The molecule has 2 aliphatic heterocycles. The van der Waals surface area contributed by atoms with E-state index < -0.39 is 0 Å². The van der Waals surface area contributed by atoms with Crippen LogP contribution in [0.15, 0.2) is 42.7 Å². The minimum Gasteiger partial charge on any atom is -0.356 e. The molecule has 3 aliphatic rings. The van der Waals surface area contributed by atoms with E-state index in [0.29, 0.717) is 6.04 Å². The summed E-state index contributed by atoms with van der Waals surface area (Å²) in [5, 5.41) is 0. The van der Waals surface area contributed by atoms with Crippen LogP contribution in [0.5, 0.6) is 0 Å². The van der Waals surface area contributed by atoms with Gasteiger partial charge in [-0.1, -0.05) is 12.1 Å². The van der Waals surface area contributed by atoms with Crippen LogP contribution in [0, 0.1) is 5.92 Å². The molecular weight excluding hydrogens is 372 g/mol. The van der Waals surface area contributed by atoms with Gasteiger partial charge in [-0.25, -0.2) is 4.98 Å². The molecule has 2 unspecified atom stereocenters. The number of hydrogen-bond acceptors (Lipinski definition) is 5. The fourth-order valence-corrected chi connectivity index (χ4v) is 5.88. The van der Waals surface area contributed by atoms with Crippen LogP contribution >= 0.6 is 0 Å². The number of nitrogens with zero attached hydrogens (tertiary/aromatic N) is 5. The summed E-state index contributed by atoms with van der Waals surface area (Å²) in [4.78, 5) is 14.8. The maximum absolute atomic E-state index is 6.16. The second-order valence-corrected chi connectivity index (χ2v) is 9.24. The van der Waals surface area contributed by atoms with Gasteiger partial charge in [0.1, 0.15) is 11.5 Å². The Morgan fingerprint density at radius 1 is 1.07 bits per heavy atom. The smallest absolute Gasteiger partial charge is 0.138 e. The molecule has 0 saturated carbocycles. The van der Waals surface area contributed by atoms with Crippen LogP contribution in [0.3, 0.4) is 0 Å². The lowest BCUT2D eigenvalue weighted by molar-refractivity contribution is 0.0687. The van der Waals surface area contributed by atoms with E-state index in [9.17, 15) is 0 Å². The number of fused-ring (bicyclic) bond motifs is 4. The summed E-state index contributed by atoms with van der Waals surface area (Å²) in [6, 6.07) is 11.5. The zero-order valence-electron chi connectivity index (χ0n) is 17.5. The molecule has 156 valence electrons. The topological polar surface area (TPSA) is 62.7 Å². The second-order valence-electron chi connectivity index (χ2n) is 9.24. The summed E-state index contributed by atoms with van der Waals surface area (Å²) in [7, 11) is 0. The molecule has 30 heavy (non-hydrogen) atoms. The minimum atomic E-state index is 0.271. The van der Waals surface area contributed by atoms with Gasteiger partial charge in [-0.3, -0.25) is 14.3 Å². The highest BCUT2D eigenvalue weighted by Gasteiger charge is 2.37. The normalized spacial score (nSPS) is 26.7. The SMILES string of the molecule is N[C@H]1CCN(c2cccc3nc(CN4CCCC5CCc6cccnc6C54)cn23)C1. The summed E-state index contributed by atoms with van der Waals surface area (Å²) in [5.74, 6) is 1.93. The number of likely N-dealkylation sites (tertiary alicyclic amines) is 1. The standard InChI is InChI=1S/C24H30N6/c25-19-10-13-28(14-19)22-7-1-6-21-27-20(16-30(21)22)15-29-12-3-5-18-9-8-17-4-2-11-26-23(17)24(18)29/h1-2,4,6-7,11,16,18-19,24H,3,5,8-10,12-15,25H2/t18?,19-,24?/m0/s1. The fraction of sp³-hybridized carbons (Fsp3) is 0.500. The Bertz CT molecular complexity index is 1060. The molecule has 0 aromatic carbocycles. The number of imidazole rings is 1. The molecule has 1 aliphatic carbocycles. The first-order chi connectivity index (χ1) is 14.8. The van der Waals surface area contributed by atoms with Crippen molar-refractivity contribution in [2.24, 2.45) is 11.7 Å². The summed E-state index contributed by atoms with van der Waals surface area (Å²) in [6.45, 7) is 3.95. The zero-order valence-corrected chi connectivity index (χ0v) is 17.5. The molecule has 0 radical (unpaired) electrons. The van der Waals surface area contributed by atoms with Gasteiger partial charge in [0.15, 0.2) is 0 Å². The third-order valence-corrected chi connectivity index (χ3v) is 7.29. The van der Waals surface area contributed by atoms with Gasteiger partial charge < -0.3 is 10.6 Å². The van der Waals surface area contributed by atoms with Crippen LogP contribution in [-0.2, 0) is 13.0 Å². The third kappa shape index (κ3) is 3.10. The molecular formula is C24H30N6. The number of aromatic nitrogens is 3. The van der Waals surface area contributed by atoms with E-state index >= 15 is 0 Å². The zero-order chi connectivity index (χ0) is 20.1. The van der Waals surface area contributed by atoms with E-state index in [1.54, 1.807) is 0 Å². The van der Waals surface area contributed by atoms with E-state index in [2.05, 4.69) is 50.7 Å². The molecule has 6 heteroatoms. The van der Waals surface area contributed by atoms with Crippen molar-refractivity contribution in [3.05, 3.63) is 59.7 Å². The summed E-state index contributed by atoms with van der Waals surface area (Å²) in [5.41, 5.74) is 11.1. The number of nitrogens with two attached hydrogens (primary N) is 1. The Balaban J connectivity index is 1.31. The van der Waals surface area contributed by atoms with Crippen molar-refractivity contribution in [3.8, 4) is 0 Å². The summed E-state index contributed by atoms with van der Waals surface area (Å²) >= 11 is 0. The summed E-state index contributed by atoms with van der Waals surface area (Å²) in [6.07, 6.45) is 10.3. The minimum absolute atomic E-state index is 0.271. The third-order valence-electron chi connectivity index (χ3n) is 7.29. The largest absolute Gasteiger partial charge is 0.356 e. The van der Waals surface area contributed by atoms with Crippen molar-refractivity contribution >= 4 is 11.5 Å². The number of piperidine rings is 1. The molecule has 2 fully saturated rings. The number of pyridine rings is 2. The lowest BCUT2D eigenvalue weighted by Crippen LogP contribution is -2.41. The highest BCUT2D eigenvalue weighted by atomic mass is 15.3. The van der Waals surface area contributed by atoms with E-state index in [4.69, 9.17) is 15.7 Å². The molecule has 2 N–H and O–H groups in total. The number of hydrogen-bond donors (Lipinski definition) is 1. The van der Waals surface area contributed by atoms with Gasteiger partial charge in [-0.15, -0.1) is 0 Å². The monoisotopic (exact) mass is 402 g/mol. The molecule has 3 atom stereocenters. The predicted octanol–water partition coefficient (Wildman–Crippen LogP) is 3.17. The van der Waals surface area contributed by atoms with Gasteiger partial charge >= 0.3 is 0 Å². The van der Waals surface area contributed by atoms with Gasteiger partial charge in [0.25, 0.3) is 0 Å². The van der Waals surface area contributed by atoms with Crippen LogP contribution in [0.25, 0.3) is 5.65 Å². The quantitative estimate of drug-likeness (QED) is 0.729. The van der Waals surface area contributed by atoms with Crippen molar-refractivity contribution < 1.29 is 0 Å². The van der Waals surface area contributed by atoms with Crippen molar-refractivity contribution in [1.29, 1.82) is 0 Å². The first kappa shape index (κ1) is 18.3. The second kappa shape index (κ2) is 7.36. The molecule has 2 saturated heterocycles. The average molecular weight is 403 g/mol.